The van der Waals surface area contributed by atoms with Crippen LogP contribution in [0, 0.1) is 0 Å². The largest absolute Gasteiger partial charge is 0.507 e. The number of nitrogens with two attached hydrogens (primary N) is 1. The second-order valence-electron chi connectivity index (χ2n) is 8.50. The van der Waals surface area contributed by atoms with Gasteiger partial charge >= 0.3 is 5.69 Å². The van der Waals surface area contributed by atoms with Crippen molar-refractivity contribution in [3.8, 4) is 33.7 Å². The number of aryl methyl sites for hydroxylation is 1. The molecule has 34 heavy (non-hydrogen) atoms. The maximum Gasteiger partial charge on any atom is 0.332 e. The van der Waals surface area contributed by atoms with Crippen molar-refractivity contribution in [3.63, 3.8) is 0 Å². The summed E-state index contributed by atoms with van der Waals surface area (Å²) < 4.78 is 2.94. The summed E-state index contributed by atoms with van der Waals surface area (Å²) >= 11 is 13.0. The molecule has 0 bridgehead atoms. The van der Waals surface area contributed by atoms with E-state index in [1.165, 1.54) is 9.13 Å². The molecule has 9 heteroatoms. The number of halogens is 2. The number of phenols is 1. The fraction of sp³-hybridized carbons (Fsp3) is 0.200. The van der Waals surface area contributed by atoms with E-state index >= 15 is 0 Å². The van der Waals surface area contributed by atoms with Crippen LogP contribution in [0.1, 0.15) is 6.42 Å². The molecular formula is C25H23Cl2N5O2. The Morgan fingerprint density at radius 3 is 2.47 bits per heavy atom. The SMILES string of the molecule is Cn1ccn(-c2ccc(-c3cc(Cl)cc(-c4cncc(N5CC[C@H](N)C5)c4)c3O)cc2Cl)c1=O. The molecule has 2 aromatic heterocycles. The van der Waals surface area contributed by atoms with Crippen LogP contribution in [0.3, 0.4) is 0 Å². The topological polar surface area (TPSA) is 89.3 Å². The maximum absolute atomic E-state index is 12.3. The molecule has 0 saturated carbocycles. The van der Waals surface area contributed by atoms with Crippen LogP contribution in [-0.2, 0) is 7.05 Å². The molecular weight excluding hydrogens is 473 g/mol. The molecule has 0 spiro atoms. The van der Waals surface area contributed by atoms with Gasteiger partial charge < -0.3 is 20.3 Å². The van der Waals surface area contributed by atoms with Crippen LogP contribution in [0.25, 0.3) is 27.9 Å². The Morgan fingerprint density at radius 2 is 1.82 bits per heavy atom. The van der Waals surface area contributed by atoms with E-state index in [-0.39, 0.29) is 17.5 Å². The lowest BCUT2D eigenvalue weighted by molar-refractivity contribution is 0.479. The predicted molar refractivity (Wildman–Crippen MR) is 136 cm³/mol. The molecule has 1 fully saturated rings. The van der Waals surface area contributed by atoms with E-state index in [0.717, 1.165) is 30.8 Å². The van der Waals surface area contributed by atoms with E-state index in [9.17, 15) is 9.90 Å². The zero-order valence-corrected chi connectivity index (χ0v) is 20.0. The predicted octanol–water partition coefficient (Wildman–Crippen LogP) is 4.45. The van der Waals surface area contributed by atoms with Gasteiger partial charge in [-0.05, 0) is 42.3 Å². The normalized spacial score (nSPS) is 15.8. The van der Waals surface area contributed by atoms with Crippen molar-refractivity contribution in [1.29, 1.82) is 0 Å². The van der Waals surface area contributed by atoms with Gasteiger partial charge in [-0.1, -0.05) is 29.3 Å². The van der Waals surface area contributed by atoms with Crippen LogP contribution in [0.2, 0.25) is 10.0 Å². The van der Waals surface area contributed by atoms with E-state index in [0.29, 0.717) is 32.4 Å². The fourth-order valence-electron chi connectivity index (χ4n) is 4.33. The van der Waals surface area contributed by atoms with Crippen molar-refractivity contribution in [2.24, 2.45) is 12.8 Å². The van der Waals surface area contributed by atoms with Gasteiger partial charge in [0.25, 0.3) is 0 Å². The molecule has 2 aromatic carbocycles. The van der Waals surface area contributed by atoms with Crippen molar-refractivity contribution in [3.05, 3.63) is 81.7 Å². The van der Waals surface area contributed by atoms with Crippen LogP contribution in [0.15, 0.2) is 66.0 Å². The van der Waals surface area contributed by atoms with Gasteiger partial charge in [0.2, 0.25) is 0 Å². The van der Waals surface area contributed by atoms with Gasteiger partial charge in [-0.3, -0.25) is 9.55 Å². The first kappa shape index (κ1) is 22.5. The molecule has 1 aliphatic rings. The molecule has 0 amide bonds. The quantitative estimate of drug-likeness (QED) is 0.436. The van der Waals surface area contributed by atoms with Crippen LogP contribution in [-0.4, -0.2) is 38.4 Å². The Labute approximate surface area is 206 Å². The first-order valence-corrected chi connectivity index (χ1v) is 11.6. The highest BCUT2D eigenvalue weighted by atomic mass is 35.5. The second-order valence-corrected chi connectivity index (χ2v) is 9.35. The average Bonchev–Trinajstić information content (AvgIpc) is 3.40. The summed E-state index contributed by atoms with van der Waals surface area (Å²) in [6, 6.07) is 10.8. The number of aromatic nitrogens is 3. The van der Waals surface area contributed by atoms with E-state index in [4.69, 9.17) is 28.9 Å². The molecule has 1 atom stereocenters. The number of rotatable bonds is 4. The standard InChI is InChI=1S/C25H23Cl2N5O2/c1-30-6-7-32(25(30)34)23-3-2-15(9-22(23)27)20-10-17(26)11-21(24(20)33)16-8-19(13-29-12-16)31-5-4-18(28)14-31/h2-3,6-13,18,33H,4-5,14,28H2,1H3/t18-/m0/s1. The molecule has 174 valence electrons. The lowest BCUT2D eigenvalue weighted by atomic mass is 9.97. The van der Waals surface area contributed by atoms with Gasteiger partial charge in [0, 0.05) is 66.5 Å². The van der Waals surface area contributed by atoms with Gasteiger partial charge in [-0.25, -0.2) is 4.79 Å². The zero-order chi connectivity index (χ0) is 24.0. The maximum atomic E-state index is 12.3. The first-order chi connectivity index (χ1) is 16.3. The minimum absolute atomic E-state index is 0.0715. The minimum Gasteiger partial charge on any atom is -0.507 e. The summed E-state index contributed by atoms with van der Waals surface area (Å²) in [6.45, 7) is 1.64. The Kier molecular flexibility index (Phi) is 5.85. The van der Waals surface area contributed by atoms with Crippen molar-refractivity contribution in [1.82, 2.24) is 14.1 Å². The molecule has 1 aliphatic heterocycles. The zero-order valence-electron chi connectivity index (χ0n) is 18.4. The Balaban J connectivity index is 1.55. The molecule has 4 aromatic rings. The van der Waals surface area contributed by atoms with E-state index in [2.05, 4.69) is 9.88 Å². The van der Waals surface area contributed by atoms with Gasteiger partial charge in [-0.15, -0.1) is 0 Å². The Morgan fingerprint density at radius 1 is 1.06 bits per heavy atom. The lowest BCUT2D eigenvalue weighted by Gasteiger charge is -2.19. The molecule has 0 unspecified atom stereocenters. The molecule has 7 nitrogen and oxygen atoms in total. The third kappa shape index (κ3) is 4.07. The summed E-state index contributed by atoms with van der Waals surface area (Å²) in [7, 11) is 1.68. The number of aromatic hydroxyl groups is 1. The summed E-state index contributed by atoms with van der Waals surface area (Å²) in [4.78, 5) is 18.9. The molecule has 0 radical (unpaired) electrons. The molecule has 1 saturated heterocycles. The highest BCUT2D eigenvalue weighted by Crippen LogP contribution is 2.42. The second kappa shape index (κ2) is 8.83. The number of hydrogen-bond donors (Lipinski definition) is 2. The number of phenolic OH excluding ortho intramolecular Hbond substituents is 1. The average molecular weight is 496 g/mol. The first-order valence-electron chi connectivity index (χ1n) is 10.8. The molecule has 3 heterocycles. The number of hydrogen-bond acceptors (Lipinski definition) is 5. The van der Waals surface area contributed by atoms with Gasteiger partial charge in [0.15, 0.2) is 0 Å². The third-order valence-corrected chi connectivity index (χ3v) is 6.69. The van der Waals surface area contributed by atoms with Crippen LogP contribution < -0.4 is 16.3 Å². The monoisotopic (exact) mass is 495 g/mol. The number of pyridine rings is 1. The van der Waals surface area contributed by atoms with E-state index in [1.807, 2.05) is 6.07 Å². The highest BCUT2D eigenvalue weighted by Gasteiger charge is 2.21. The molecule has 5 rings (SSSR count). The summed E-state index contributed by atoms with van der Waals surface area (Å²) in [6.07, 6.45) is 7.76. The smallest absolute Gasteiger partial charge is 0.332 e. The van der Waals surface area contributed by atoms with Gasteiger partial charge in [0.05, 0.1) is 22.6 Å². The van der Waals surface area contributed by atoms with E-state index < -0.39 is 0 Å². The summed E-state index contributed by atoms with van der Waals surface area (Å²) in [5.74, 6) is 0.0715. The Hall–Kier alpha value is -3.26. The lowest BCUT2D eigenvalue weighted by Crippen LogP contribution is -2.26. The molecule has 3 N–H and O–H groups in total. The van der Waals surface area contributed by atoms with E-state index in [1.54, 1.807) is 62.2 Å². The molecule has 0 aliphatic carbocycles. The summed E-state index contributed by atoms with van der Waals surface area (Å²) in [5, 5.41) is 12.1. The van der Waals surface area contributed by atoms with Gasteiger partial charge in [-0.2, -0.15) is 0 Å². The van der Waals surface area contributed by atoms with Crippen molar-refractivity contribution >= 4 is 28.9 Å². The van der Waals surface area contributed by atoms with Crippen LogP contribution >= 0.6 is 23.2 Å². The van der Waals surface area contributed by atoms with Crippen LogP contribution in [0.5, 0.6) is 5.75 Å². The van der Waals surface area contributed by atoms with Crippen molar-refractivity contribution in [2.75, 3.05) is 18.0 Å². The Bertz CT molecular complexity index is 1450. The fourth-order valence-corrected chi connectivity index (χ4v) is 4.82. The van der Waals surface area contributed by atoms with Crippen LogP contribution in [0.4, 0.5) is 5.69 Å². The third-order valence-electron chi connectivity index (χ3n) is 6.16. The number of anilines is 1. The number of benzene rings is 2. The van der Waals surface area contributed by atoms with Crippen molar-refractivity contribution < 1.29 is 5.11 Å². The van der Waals surface area contributed by atoms with Gasteiger partial charge in [0.1, 0.15) is 5.75 Å². The number of imidazole rings is 1. The highest BCUT2D eigenvalue weighted by molar-refractivity contribution is 6.33. The minimum atomic E-state index is -0.200. The number of nitrogens with zero attached hydrogens (tertiary/aromatic N) is 4. The summed E-state index contributed by atoms with van der Waals surface area (Å²) in [5.41, 5.74) is 9.89. The van der Waals surface area contributed by atoms with Crippen molar-refractivity contribution in [2.45, 2.75) is 12.5 Å².